The summed E-state index contributed by atoms with van der Waals surface area (Å²) in [6.45, 7) is 0.0813. The normalized spacial score (nSPS) is 9.69. The molecular weight excluding hydrogens is 211 g/mol. The van der Waals surface area contributed by atoms with E-state index in [9.17, 15) is 4.79 Å². The zero-order valence-electron chi connectivity index (χ0n) is 6.68. The van der Waals surface area contributed by atoms with Crippen molar-refractivity contribution < 1.29 is 4.79 Å². The van der Waals surface area contributed by atoms with Crippen LogP contribution in [-0.4, -0.2) is 12.5 Å². The van der Waals surface area contributed by atoms with Crippen LogP contribution in [0, 0.1) is 0 Å². The van der Waals surface area contributed by atoms with Crippen molar-refractivity contribution in [1.82, 2.24) is 0 Å². The number of carbonyl (C=O) groups is 1. The second-order valence-corrected chi connectivity index (χ2v) is 3.26. The standard InChI is InChI=1S/C8H8Cl2N2O/c9-6-2-1-5(3-7(6)10)12-4-8(11)13/h1-3,12H,4H2,(H2,11,13). The summed E-state index contributed by atoms with van der Waals surface area (Å²) in [7, 11) is 0. The Morgan fingerprint density at radius 2 is 2.08 bits per heavy atom. The van der Waals surface area contributed by atoms with E-state index in [0.717, 1.165) is 0 Å². The largest absolute Gasteiger partial charge is 0.376 e. The number of anilines is 1. The van der Waals surface area contributed by atoms with E-state index in [2.05, 4.69) is 5.32 Å². The molecule has 1 aromatic carbocycles. The number of halogens is 2. The molecule has 0 bridgehead atoms. The maximum Gasteiger partial charge on any atom is 0.236 e. The predicted molar refractivity (Wildman–Crippen MR) is 54.1 cm³/mol. The Hall–Kier alpha value is -0.930. The average molecular weight is 219 g/mol. The second-order valence-electron chi connectivity index (χ2n) is 2.45. The molecule has 0 radical (unpaired) electrons. The second kappa shape index (κ2) is 4.35. The van der Waals surface area contributed by atoms with Gasteiger partial charge in [-0.1, -0.05) is 23.2 Å². The van der Waals surface area contributed by atoms with Crippen LogP contribution in [0.1, 0.15) is 0 Å². The molecule has 70 valence electrons. The number of benzene rings is 1. The van der Waals surface area contributed by atoms with Gasteiger partial charge in [-0.2, -0.15) is 0 Å². The van der Waals surface area contributed by atoms with Crippen LogP contribution in [-0.2, 0) is 4.79 Å². The van der Waals surface area contributed by atoms with Gasteiger partial charge in [-0.05, 0) is 18.2 Å². The van der Waals surface area contributed by atoms with Crippen LogP contribution in [0.4, 0.5) is 5.69 Å². The molecule has 0 heterocycles. The minimum absolute atomic E-state index is 0.0813. The highest BCUT2D eigenvalue weighted by atomic mass is 35.5. The van der Waals surface area contributed by atoms with Crippen LogP contribution in [0.5, 0.6) is 0 Å². The van der Waals surface area contributed by atoms with Gasteiger partial charge >= 0.3 is 0 Å². The van der Waals surface area contributed by atoms with Gasteiger partial charge in [0.15, 0.2) is 0 Å². The van der Waals surface area contributed by atoms with Crippen LogP contribution < -0.4 is 11.1 Å². The molecule has 13 heavy (non-hydrogen) atoms. The van der Waals surface area contributed by atoms with Gasteiger partial charge in [0.2, 0.25) is 5.91 Å². The van der Waals surface area contributed by atoms with E-state index in [1.165, 1.54) is 0 Å². The summed E-state index contributed by atoms with van der Waals surface area (Å²) in [4.78, 5) is 10.4. The first-order valence-corrected chi connectivity index (χ1v) is 4.32. The third-order valence-electron chi connectivity index (χ3n) is 1.39. The number of hydrogen-bond donors (Lipinski definition) is 2. The molecule has 5 heteroatoms. The van der Waals surface area contributed by atoms with Gasteiger partial charge in [-0.15, -0.1) is 0 Å². The van der Waals surface area contributed by atoms with Crippen LogP contribution in [0.2, 0.25) is 10.0 Å². The highest BCUT2D eigenvalue weighted by molar-refractivity contribution is 6.42. The number of carbonyl (C=O) groups excluding carboxylic acids is 1. The van der Waals surface area contributed by atoms with Crippen molar-refractivity contribution in [2.45, 2.75) is 0 Å². The van der Waals surface area contributed by atoms with Gasteiger partial charge in [0.1, 0.15) is 0 Å². The summed E-state index contributed by atoms with van der Waals surface area (Å²) in [5.74, 6) is -0.425. The first kappa shape index (κ1) is 10.2. The number of rotatable bonds is 3. The zero-order chi connectivity index (χ0) is 9.84. The highest BCUT2D eigenvalue weighted by Gasteiger charge is 1.99. The lowest BCUT2D eigenvalue weighted by molar-refractivity contribution is -0.116. The Labute approximate surface area is 85.8 Å². The quantitative estimate of drug-likeness (QED) is 0.815. The first-order valence-electron chi connectivity index (χ1n) is 3.57. The third kappa shape index (κ3) is 3.13. The SMILES string of the molecule is NC(=O)CNc1ccc(Cl)c(Cl)c1. The van der Waals surface area contributed by atoms with Gasteiger partial charge in [0.05, 0.1) is 16.6 Å². The molecule has 0 spiro atoms. The maximum atomic E-state index is 10.4. The Morgan fingerprint density at radius 3 is 2.62 bits per heavy atom. The Kier molecular flexibility index (Phi) is 3.39. The van der Waals surface area contributed by atoms with E-state index in [0.29, 0.717) is 15.7 Å². The van der Waals surface area contributed by atoms with Crippen molar-refractivity contribution in [3.8, 4) is 0 Å². The zero-order valence-corrected chi connectivity index (χ0v) is 8.19. The Balaban J connectivity index is 2.68. The van der Waals surface area contributed by atoms with Crippen LogP contribution in [0.3, 0.4) is 0 Å². The van der Waals surface area contributed by atoms with Crippen molar-refractivity contribution >= 4 is 34.8 Å². The monoisotopic (exact) mass is 218 g/mol. The molecule has 3 N–H and O–H groups in total. The van der Waals surface area contributed by atoms with Gasteiger partial charge < -0.3 is 11.1 Å². The molecule has 0 saturated heterocycles. The highest BCUT2D eigenvalue weighted by Crippen LogP contribution is 2.24. The summed E-state index contributed by atoms with van der Waals surface area (Å²) >= 11 is 11.4. The molecule has 0 unspecified atom stereocenters. The molecule has 1 rings (SSSR count). The number of amides is 1. The topological polar surface area (TPSA) is 55.1 Å². The van der Waals surface area contributed by atoms with E-state index >= 15 is 0 Å². The number of nitrogens with one attached hydrogen (secondary N) is 1. The predicted octanol–water partition coefficient (Wildman–Crippen LogP) is 1.89. The average Bonchev–Trinajstić information content (AvgIpc) is 2.07. The van der Waals surface area contributed by atoms with Crippen LogP contribution in [0.15, 0.2) is 18.2 Å². The van der Waals surface area contributed by atoms with E-state index in [4.69, 9.17) is 28.9 Å². The lowest BCUT2D eigenvalue weighted by atomic mass is 10.3. The fraction of sp³-hybridized carbons (Fsp3) is 0.125. The Morgan fingerprint density at radius 1 is 1.38 bits per heavy atom. The summed E-state index contributed by atoms with van der Waals surface area (Å²) in [5.41, 5.74) is 5.66. The smallest absolute Gasteiger partial charge is 0.236 e. The fourth-order valence-corrected chi connectivity index (χ4v) is 1.09. The summed E-state index contributed by atoms with van der Waals surface area (Å²) in [6, 6.07) is 5.00. The van der Waals surface area contributed by atoms with Gasteiger partial charge in [0, 0.05) is 5.69 Å². The first-order chi connectivity index (χ1) is 6.09. The minimum atomic E-state index is -0.425. The molecule has 0 saturated carbocycles. The lowest BCUT2D eigenvalue weighted by Gasteiger charge is -2.04. The maximum absolute atomic E-state index is 10.4. The number of primary amides is 1. The molecule has 3 nitrogen and oxygen atoms in total. The Bertz CT molecular complexity index is 328. The summed E-state index contributed by atoms with van der Waals surface area (Å²) in [6.07, 6.45) is 0. The van der Waals surface area contributed by atoms with Crippen molar-refractivity contribution in [2.24, 2.45) is 5.73 Å². The van der Waals surface area contributed by atoms with E-state index in [1.807, 2.05) is 0 Å². The van der Waals surface area contributed by atoms with E-state index < -0.39 is 5.91 Å². The molecule has 0 aliphatic rings. The van der Waals surface area contributed by atoms with Crippen molar-refractivity contribution in [2.75, 3.05) is 11.9 Å². The van der Waals surface area contributed by atoms with E-state index in [-0.39, 0.29) is 6.54 Å². The van der Waals surface area contributed by atoms with Crippen molar-refractivity contribution in [1.29, 1.82) is 0 Å². The van der Waals surface area contributed by atoms with Gasteiger partial charge in [-0.25, -0.2) is 0 Å². The van der Waals surface area contributed by atoms with Gasteiger partial charge in [0.25, 0.3) is 0 Å². The molecule has 0 aliphatic carbocycles. The van der Waals surface area contributed by atoms with Gasteiger partial charge in [-0.3, -0.25) is 4.79 Å². The molecule has 0 fully saturated rings. The molecule has 1 amide bonds. The molecule has 1 aromatic rings. The summed E-state index contributed by atoms with van der Waals surface area (Å²) in [5, 5.41) is 3.71. The van der Waals surface area contributed by atoms with E-state index in [1.54, 1.807) is 18.2 Å². The minimum Gasteiger partial charge on any atom is -0.376 e. The molecule has 0 atom stereocenters. The van der Waals surface area contributed by atoms with Crippen molar-refractivity contribution in [3.63, 3.8) is 0 Å². The lowest BCUT2D eigenvalue weighted by Crippen LogP contribution is -2.21. The fourth-order valence-electron chi connectivity index (χ4n) is 0.795. The molecule has 0 aliphatic heterocycles. The van der Waals surface area contributed by atoms with Crippen molar-refractivity contribution in [3.05, 3.63) is 28.2 Å². The third-order valence-corrected chi connectivity index (χ3v) is 2.13. The molecular formula is C8H8Cl2N2O. The summed E-state index contributed by atoms with van der Waals surface area (Å²) < 4.78 is 0. The number of nitrogens with two attached hydrogens (primary N) is 1. The number of hydrogen-bond acceptors (Lipinski definition) is 2. The van der Waals surface area contributed by atoms with Crippen LogP contribution >= 0.6 is 23.2 Å². The molecule has 0 aromatic heterocycles. The van der Waals surface area contributed by atoms with Crippen LogP contribution in [0.25, 0.3) is 0 Å².